The molecule has 0 amide bonds. The molecule has 3 saturated heterocycles. The first-order valence-corrected chi connectivity index (χ1v) is 8.90. The molecule has 0 aromatic heterocycles. The number of carbonyl (C=O) groups is 1. The molecule has 0 aliphatic carbocycles. The monoisotopic (exact) mass is 380 g/mol. The van der Waals surface area contributed by atoms with Crippen molar-refractivity contribution < 1.29 is 38.0 Å². The number of rotatable bonds is 3. The molecule has 4 rings (SSSR count). The molecule has 148 valence electrons. The molecule has 3 aliphatic heterocycles. The lowest BCUT2D eigenvalue weighted by molar-refractivity contribution is -0.236. The van der Waals surface area contributed by atoms with E-state index in [2.05, 4.69) is 0 Å². The lowest BCUT2D eigenvalue weighted by Gasteiger charge is -2.35. The largest absolute Gasteiger partial charge is 0.493 e. The molecular weight excluding hydrogens is 356 g/mol. The van der Waals surface area contributed by atoms with Crippen molar-refractivity contribution in [3.8, 4) is 11.5 Å². The van der Waals surface area contributed by atoms with E-state index in [4.69, 9.17) is 33.2 Å². The minimum Gasteiger partial charge on any atom is -0.493 e. The van der Waals surface area contributed by atoms with E-state index in [0.29, 0.717) is 11.5 Å². The third kappa shape index (κ3) is 3.43. The number of para-hydroxylation sites is 2. The Bertz CT molecular complexity index is 730. The zero-order valence-electron chi connectivity index (χ0n) is 16.0. The van der Waals surface area contributed by atoms with Gasteiger partial charge in [0.2, 0.25) is 0 Å². The molecule has 3 aliphatic rings. The molecule has 0 bridgehead atoms. The smallest absolute Gasteiger partial charge is 0.343 e. The lowest BCUT2D eigenvalue weighted by Crippen LogP contribution is -2.58. The van der Waals surface area contributed by atoms with Gasteiger partial charge in [-0.25, -0.2) is 4.79 Å². The summed E-state index contributed by atoms with van der Waals surface area (Å²) in [5.74, 6) is -1.59. The molecule has 27 heavy (non-hydrogen) atoms. The summed E-state index contributed by atoms with van der Waals surface area (Å²) in [6.45, 7) is 7.13. The highest BCUT2D eigenvalue weighted by atomic mass is 16.9. The topological polar surface area (TPSA) is 81.7 Å². The molecular formula is C19H24O8. The van der Waals surface area contributed by atoms with Crippen molar-refractivity contribution in [1.29, 1.82) is 0 Å². The minimum absolute atomic E-state index is 0.300. The Morgan fingerprint density at radius 1 is 0.889 bits per heavy atom. The molecule has 3 fully saturated rings. The van der Waals surface area contributed by atoms with Crippen molar-refractivity contribution in [2.45, 2.75) is 70.0 Å². The first kappa shape index (κ1) is 18.6. The predicted octanol–water partition coefficient (Wildman–Crippen LogP) is 2.00. The van der Waals surface area contributed by atoms with Crippen molar-refractivity contribution in [2.75, 3.05) is 7.11 Å². The van der Waals surface area contributed by atoms with Crippen molar-refractivity contribution in [3.05, 3.63) is 24.3 Å². The highest BCUT2D eigenvalue weighted by molar-refractivity contribution is 5.79. The Morgan fingerprint density at radius 3 is 2.19 bits per heavy atom. The van der Waals surface area contributed by atoms with Gasteiger partial charge in [0.25, 0.3) is 0 Å². The van der Waals surface area contributed by atoms with Crippen molar-refractivity contribution in [1.82, 2.24) is 0 Å². The molecule has 0 saturated carbocycles. The summed E-state index contributed by atoms with van der Waals surface area (Å²) in [5.41, 5.74) is 0. The van der Waals surface area contributed by atoms with Crippen LogP contribution in [-0.2, 0) is 28.5 Å². The molecule has 0 spiro atoms. The van der Waals surface area contributed by atoms with Crippen LogP contribution in [0, 0.1) is 0 Å². The molecule has 0 unspecified atom stereocenters. The van der Waals surface area contributed by atoms with Gasteiger partial charge in [-0.2, -0.15) is 0 Å². The molecule has 5 atom stereocenters. The van der Waals surface area contributed by atoms with E-state index in [1.54, 1.807) is 52.0 Å². The maximum absolute atomic E-state index is 12.9. The van der Waals surface area contributed by atoms with E-state index >= 15 is 0 Å². The summed E-state index contributed by atoms with van der Waals surface area (Å²) in [4.78, 5) is 12.9. The van der Waals surface area contributed by atoms with E-state index in [1.807, 2.05) is 0 Å². The van der Waals surface area contributed by atoms with Gasteiger partial charge in [-0.1, -0.05) is 12.1 Å². The number of hydrogen-bond acceptors (Lipinski definition) is 8. The summed E-state index contributed by atoms with van der Waals surface area (Å²) >= 11 is 0. The average molecular weight is 380 g/mol. The van der Waals surface area contributed by atoms with Gasteiger partial charge in [0, 0.05) is 0 Å². The van der Waals surface area contributed by atoms with Crippen LogP contribution in [-0.4, -0.2) is 55.4 Å². The molecule has 0 radical (unpaired) electrons. The van der Waals surface area contributed by atoms with Crippen molar-refractivity contribution in [3.63, 3.8) is 0 Å². The van der Waals surface area contributed by atoms with E-state index in [9.17, 15) is 4.79 Å². The van der Waals surface area contributed by atoms with Crippen LogP contribution in [0.25, 0.3) is 0 Å². The van der Waals surface area contributed by atoms with Crippen LogP contribution in [0.5, 0.6) is 11.5 Å². The number of hydrogen-bond donors (Lipinski definition) is 0. The first-order valence-electron chi connectivity index (χ1n) is 8.90. The number of fused-ring (bicyclic) bond motifs is 3. The summed E-state index contributed by atoms with van der Waals surface area (Å²) in [6.07, 6.45) is -3.48. The number of esters is 1. The molecule has 3 heterocycles. The van der Waals surface area contributed by atoms with Gasteiger partial charge in [0.05, 0.1) is 7.11 Å². The zero-order valence-corrected chi connectivity index (χ0v) is 16.0. The zero-order chi connectivity index (χ0) is 19.4. The molecule has 1 aromatic carbocycles. The fraction of sp³-hybridized carbons (Fsp3) is 0.632. The summed E-state index contributed by atoms with van der Waals surface area (Å²) < 4.78 is 40.3. The van der Waals surface area contributed by atoms with Gasteiger partial charge in [0.15, 0.2) is 35.5 Å². The highest BCUT2D eigenvalue weighted by Crippen LogP contribution is 2.44. The molecule has 0 N–H and O–H groups in total. The number of benzene rings is 1. The highest BCUT2D eigenvalue weighted by Gasteiger charge is 2.62. The van der Waals surface area contributed by atoms with Crippen LogP contribution >= 0.6 is 0 Å². The van der Waals surface area contributed by atoms with E-state index in [1.165, 1.54) is 7.11 Å². The normalized spacial score (nSPS) is 36.0. The van der Waals surface area contributed by atoms with Crippen molar-refractivity contribution in [2.24, 2.45) is 0 Å². The fourth-order valence-electron chi connectivity index (χ4n) is 3.67. The second kappa shape index (κ2) is 6.42. The van der Waals surface area contributed by atoms with Crippen LogP contribution in [0.4, 0.5) is 0 Å². The van der Waals surface area contributed by atoms with Crippen LogP contribution in [0.15, 0.2) is 24.3 Å². The van der Waals surface area contributed by atoms with Gasteiger partial charge >= 0.3 is 5.97 Å². The van der Waals surface area contributed by atoms with Crippen molar-refractivity contribution >= 4 is 5.97 Å². The Kier molecular flexibility index (Phi) is 4.44. The summed E-state index contributed by atoms with van der Waals surface area (Å²) in [5, 5.41) is 0. The predicted molar refractivity (Wildman–Crippen MR) is 91.2 cm³/mol. The first-order chi connectivity index (χ1) is 12.7. The average Bonchev–Trinajstić information content (AvgIpc) is 3.08. The van der Waals surface area contributed by atoms with Gasteiger partial charge in [-0.3, -0.25) is 0 Å². The molecule has 1 aromatic rings. The second-order valence-corrected chi connectivity index (χ2v) is 7.66. The minimum atomic E-state index is -1.03. The van der Waals surface area contributed by atoms with Gasteiger partial charge in [-0.15, -0.1) is 0 Å². The Labute approximate surface area is 157 Å². The Hall–Kier alpha value is -1.71. The molecule has 8 heteroatoms. The van der Waals surface area contributed by atoms with Gasteiger partial charge in [0.1, 0.15) is 18.3 Å². The quantitative estimate of drug-likeness (QED) is 0.582. The third-order valence-corrected chi connectivity index (χ3v) is 4.67. The SMILES string of the molecule is COc1ccccc1OC(=O)[C@H]1O[C@H]2OC(C)(C)O[C@@H]2[C@@H]2OC(C)(C)O[C@H]21. The van der Waals surface area contributed by atoms with Crippen LogP contribution in [0.1, 0.15) is 27.7 Å². The summed E-state index contributed by atoms with van der Waals surface area (Å²) in [6, 6.07) is 6.89. The standard InChI is InChI=1S/C19H24O8/c1-18(2)24-12-13(25-18)15-17(27-19(3,4)26-15)23-14(12)16(20)22-11-9-7-6-8-10(11)21-5/h6-9,12-15,17H,1-5H3/t12-,13-,14+,15-,17+/m1/s1. The van der Waals surface area contributed by atoms with Crippen LogP contribution in [0.2, 0.25) is 0 Å². The van der Waals surface area contributed by atoms with E-state index in [0.717, 1.165) is 0 Å². The fourth-order valence-corrected chi connectivity index (χ4v) is 3.67. The van der Waals surface area contributed by atoms with E-state index < -0.39 is 48.2 Å². The third-order valence-electron chi connectivity index (χ3n) is 4.67. The van der Waals surface area contributed by atoms with Crippen LogP contribution < -0.4 is 9.47 Å². The number of methoxy groups -OCH3 is 1. The lowest BCUT2D eigenvalue weighted by atomic mass is 9.99. The number of ether oxygens (including phenoxy) is 7. The van der Waals surface area contributed by atoms with E-state index in [-0.39, 0.29) is 0 Å². The second-order valence-electron chi connectivity index (χ2n) is 7.66. The summed E-state index contributed by atoms with van der Waals surface area (Å²) in [7, 11) is 1.51. The molecule has 8 nitrogen and oxygen atoms in total. The maximum atomic E-state index is 12.9. The number of carbonyl (C=O) groups excluding carboxylic acids is 1. The Balaban J connectivity index is 1.59. The maximum Gasteiger partial charge on any atom is 0.343 e. The van der Waals surface area contributed by atoms with Crippen LogP contribution in [0.3, 0.4) is 0 Å². The Morgan fingerprint density at radius 2 is 1.48 bits per heavy atom. The van der Waals surface area contributed by atoms with Gasteiger partial charge in [-0.05, 0) is 39.8 Å². The van der Waals surface area contributed by atoms with Gasteiger partial charge < -0.3 is 33.2 Å².